The van der Waals surface area contributed by atoms with Crippen LogP contribution in [0.15, 0.2) is 54.6 Å². The molecule has 2 aromatic carbocycles. The lowest BCUT2D eigenvalue weighted by Crippen LogP contribution is -2.52. The van der Waals surface area contributed by atoms with E-state index in [2.05, 4.69) is 71.1 Å². The number of aromatic nitrogens is 2. The molecule has 4 rings (SSSR count). The molecule has 158 valence electrons. The molecule has 3 aromatic rings. The van der Waals surface area contributed by atoms with E-state index in [1.807, 2.05) is 17.0 Å². The Morgan fingerprint density at radius 3 is 2.43 bits per heavy atom. The van der Waals surface area contributed by atoms with Crippen molar-refractivity contribution in [1.29, 1.82) is 0 Å². The van der Waals surface area contributed by atoms with Gasteiger partial charge in [-0.2, -0.15) is 0 Å². The molecule has 0 saturated carbocycles. The van der Waals surface area contributed by atoms with Gasteiger partial charge in [-0.1, -0.05) is 56.3 Å². The Kier molecular flexibility index (Phi) is 6.21. The van der Waals surface area contributed by atoms with Crippen LogP contribution in [0, 0.1) is 5.92 Å². The summed E-state index contributed by atoms with van der Waals surface area (Å²) < 4.78 is 2.29. The van der Waals surface area contributed by atoms with Crippen LogP contribution in [0.4, 0.5) is 10.7 Å². The van der Waals surface area contributed by atoms with Gasteiger partial charge in [-0.3, -0.25) is 0 Å². The van der Waals surface area contributed by atoms with Gasteiger partial charge in [0.05, 0.1) is 17.6 Å². The quantitative estimate of drug-likeness (QED) is 0.675. The molecular formula is C24H31N5O. The highest BCUT2D eigenvalue weighted by Crippen LogP contribution is 2.25. The van der Waals surface area contributed by atoms with Gasteiger partial charge >= 0.3 is 6.03 Å². The number of nitrogens with zero attached hydrogens (tertiary/aromatic N) is 4. The first-order valence-electron chi connectivity index (χ1n) is 10.9. The SMILES string of the molecule is CC(C)CCNC(=O)N1CCN(c2nc3ccccc3n2Cc2ccccc2)CC1. The monoisotopic (exact) mass is 405 g/mol. The van der Waals surface area contributed by atoms with E-state index in [1.165, 1.54) is 5.56 Å². The minimum Gasteiger partial charge on any atom is -0.339 e. The second-order valence-electron chi connectivity index (χ2n) is 8.36. The Morgan fingerprint density at radius 2 is 1.70 bits per heavy atom. The van der Waals surface area contributed by atoms with Crippen molar-refractivity contribution in [3.8, 4) is 0 Å². The number of urea groups is 1. The maximum absolute atomic E-state index is 12.4. The van der Waals surface area contributed by atoms with E-state index in [0.29, 0.717) is 19.0 Å². The smallest absolute Gasteiger partial charge is 0.317 e. The standard InChI is InChI=1S/C24H31N5O/c1-19(2)12-13-25-24(30)28-16-14-27(15-17-28)23-26-21-10-6-7-11-22(21)29(23)18-20-8-4-3-5-9-20/h3-11,19H,12-18H2,1-2H3,(H,25,30). The second kappa shape index (κ2) is 9.20. The molecule has 0 unspecified atom stereocenters. The summed E-state index contributed by atoms with van der Waals surface area (Å²) >= 11 is 0. The number of imidazole rings is 1. The molecule has 1 N–H and O–H groups in total. The zero-order chi connectivity index (χ0) is 20.9. The number of hydrogen-bond donors (Lipinski definition) is 1. The fourth-order valence-corrected chi connectivity index (χ4v) is 3.92. The predicted octanol–water partition coefficient (Wildman–Crippen LogP) is 3.96. The molecule has 1 aromatic heterocycles. The minimum absolute atomic E-state index is 0.0492. The Bertz CT molecular complexity index is 974. The third-order valence-electron chi connectivity index (χ3n) is 5.67. The van der Waals surface area contributed by atoms with Crippen molar-refractivity contribution in [3.05, 3.63) is 60.2 Å². The van der Waals surface area contributed by atoms with Gasteiger partial charge in [0.1, 0.15) is 0 Å². The molecule has 2 heterocycles. The lowest BCUT2D eigenvalue weighted by atomic mass is 10.1. The Morgan fingerprint density at radius 1 is 1.00 bits per heavy atom. The number of anilines is 1. The summed E-state index contributed by atoms with van der Waals surface area (Å²) in [6.45, 7) is 8.87. The number of hydrogen-bond acceptors (Lipinski definition) is 3. The molecule has 30 heavy (non-hydrogen) atoms. The van der Waals surface area contributed by atoms with Gasteiger partial charge in [-0.15, -0.1) is 0 Å². The largest absolute Gasteiger partial charge is 0.339 e. The highest BCUT2D eigenvalue weighted by atomic mass is 16.2. The number of benzene rings is 2. The molecule has 6 nitrogen and oxygen atoms in total. The van der Waals surface area contributed by atoms with Crippen molar-refractivity contribution in [2.24, 2.45) is 5.92 Å². The molecule has 2 amide bonds. The van der Waals surface area contributed by atoms with Crippen molar-refractivity contribution in [3.63, 3.8) is 0 Å². The first-order valence-corrected chi connectivity index (χ1v) is 10.9. The van der Waals surface area contributed by atoms with Gasteiger partial charge < -0.3 is 19.7 Å². The van der Waals surface area contributed by atoms with Crippen LogP contribution in [0.5, 0.6) is 0 Å². The van der Waals surface area contributed by atoms with Crippen LogP contribution >= 0.6 is 0 Å². The van der Waals surface area contributed by atoms with Crippen molar-refractivity contribution in [1.82, 2.24) is 19.8 Å². The average Bonchev–Trinajstić information content (AvgIpc) is 3.13. The van der Waals surface area contributed by atoms with Gasteiger partial charge in [-0.05, 0) is 30.0 Å². The number of piperazine rings is 1. The Hall–Kier alpha value is -3.02. The van der Waals surface area contributed by atoms with E-state index in [9.17, 15) is 4.79 Å². The normalized spacial score (nSPS) is 14.5. The number of carbonyl (C=O) groups excluding carboxylic acids is 1. The molecule has 1 fully saturated rings. The third-order valence-corrected chi connectivity index (χ3v) is 5.67. The van der Waals surface area contributed by atoms with Crippen LogP contribution in [0.3, 0.4) is 0 Å². The molecule has 0 aliphatic carbocycles. The number of rotatable bonds is 6. The van der Waals surface area contributed by atoms with Crippen molar-refractivity contribution in [2.45, 2.75) is 26.8 Å². The molecule has 1 saturated heterocycles. The van der Waals surface area contributed by atoms with Crippen LogP contribution < -0.4 is 10.2 Å². The summed E-state index contributed by atoms with van der Waals surface area (Å²) in [5, 5.41) is 3.05. The Balaban J connectivity index is 1.47. The molecule has 1 aliphatic heterocycles. The maximum Gasteiger partial charge on any atom is 0.317 e. The summed E-state index contributed by atoms with van der Waals surface area (Å²) in [5.74, 6) is 1.58. The zero-order valence-electron chi connectivity index (χ0n) is 17.9. The van der Waals surface area contributed by atoms with Crippen LogP contribution in [0.1, 0.15) is 25.8 Å². The van der Waals surface area contributed by atoms with Crippen molar-refractivity contribution < 1.29 is 4.79 Å². The first kappa shape index (κ1) is 20.3. The number of para-hydroxylation sites is 2. The van der Waals surface area contributed by atoms with Crippen LogP contribution in [-0.4, -0.2) is 53.2 Å². The predicted molar refractivity (Wildman–Crippen MR) is 122 cm³/mol. The summed E-state index contributed by atoms with van der Waals surface area (Å²) in [4.78, 5) is 21.6. The third kappa shape index (κ3) is 4.58. The number of nitrogens with one attached hydrogen (secondary N) is 1. The first-order chi connectivity index (χ1) is 14.6. The van der Waals surface area contributed by atoms with E-state index in [-0.39, 0.29) is 6.03 Å². The maximum atomic E-state index is 12.4. The lowest BCUT2D eigenvalue weighted by Gasteiger charge is -2.35. The van der Waals surface area contributed by atoms with Gasteiger partial charge in [-0.25, -0.2) is 9.78 Å². The van der Waals surface area contributed by atoms with Gasteiger partial charge in [0.15, 0.2) is 0 Å². The highest BCUT2D eigenvalue weighted by Gasteiger charge is 2.24. The van der Waals surface area contributed by atoms with Gasteiger partial charge in [0.25, 0.3) is 0 Å². The molecule has 0 radical (unpaired) electrons. The molecule has 0 spiro atoms. The van der Waals surface area contributed by atoms with Crippen molar-refractivity contribution in [2.75, 3.05) is 37.6 Å². The fourth-order valence-electron chi connectivity index (χ4n) is 3.92. The second-order valence-corrected chi connectivity index (χ2v) is 8.36. The summed E-state index contributed by atoms with van der Waals surface area (Å²) in [5.41, 5.74) is 3.41. The molecule has 0 bridgehead atoms. The lowest BCUT2D eigenvalue weighted by molar-refractivity contribution is 0.193. The number of amides is 2. The fraction of sp³-hybridized carbons (Fsp3) is 0.417. The average molecular weight is 406 g/mol. The van der Waals surface area contributed by atoms with Crippen LogP contribution in [0.25, 0.3) is 11.0 Å². The number of carbonyl (C=O) groups is 1. The summed E-state index contributed by atoms with van der Waals surface area (Å²) in [7, 11) is 0. The molecule has 1 aliphatic rings. The van der Waals surface area contributed by atoms with Gasteiger partial charge in [0, 0.05) is 32.7 Å². The zero-order valence-corrected chi connectivity index (χ0v) is 17.9. The molecule has 0 atom stereocenters. The van der Waals surface area contributed by atoms with E-state index in [1.54, 1.807) is 0 Å². The van der Waals surface area contributed by atoms with Crippen LogP contribution in [0.2, 0.25) is 0 Å². The highest BCUT2D eigenvalue weighted by molar-refractivity contribution is 5.79. The summed E-state index contributed by atoms with van der Waals surface area (Å²) in [6, 6.07) is 18.8. The van der Waals surface area contributed by atoms with E-state index < -0.39 is 0 Å². The van der Waals surface area contributed by atoms with E-state index in [0.717, 1.165) is 49.6 Å². The summed E-state index contributed by atoms with van der Waals surface area (Å²) in [6.07, 6.45) is 1.01. The number of fused-ring (bicyclic) bond motifs is 1. The Labute approximate surface area is 178 Å². The topological polar surface area (TPSA) is 53.4 Å². The molecule has 6 heteroatoms. The van der Waals surface area contributed by atoms with Crippen LogP contribution in [-0.2, 0) is 6.54 Å². The van der Waals surface area contributed by atoms with E-state index >= 15 is 0 Å². The van der Waals surface area contributed by atoms with E-state index in [4.69, 9.17) is 4.98 Å². The van der Waals surface area contributed by atoms with Crippen molar-refractivity contribution >= 4 is 23.0 Å². The minimum atomic E-state index is 0.0492. The molecular weight excluding hydrogens is 374 g/mol. The van der Waals surface area contributed by atoms with Gasteiger partial charge in [0.2, 0.25) is 5.95 Å².